The van der Waals surface area contributed by atoms with Crippen molar-refractivity contribution in [3.63, 3.8) is 0 Å². The molecule has 0 amide bonds. The molecule has 0 aromatic carbocycles. The van der Waals surface area contributed by atoms with Crippen molar-refractivity contribution in [2.75, 3.05) is 0 Å². The predicted molar refractivity (Wildman–Crippen MR) is 52.9 cm³/mol. The first-order chi connectivity index (χ1) is 6.15. The standard InChI is InChI=1S/C10H13BrO2/c11-7-3-5-10(6-4-7)8(12)1-2-9(10)13/h7H,1-6H2. The second-order valence-electron chi connectivity index (χ2n) is 4.10. The maximum atomic E-state index is 11.6. The molecule has 0 aliphatic heterocycles. The van der Waals surface area contributed by atoms with Gasteiger partial charge in [0.15, 0.2) is 0 Å². The van der Waals surface area contributed by atoms with Crippen LogP contribution >= 0.6 is 15.9 Å². The minimum atomic E-state index is -0.537. The molecule has 0 unspecified atom stereocenters. The molecular weight excluding hydrogens is 232 g/mol. The van der Waals surface area contributed by atoms with Gasteiger partial charge in [-0.1, -0.05) is 15.9 Å². The molecule has 2 aliphatic carbocycles. The van der Waals surface area contributed by atoms with Crippen molar-refractivity contribution in [1.29, 1.82) is 0 Å². The van der Waals surface area contributed by atoms with Crippen molar-refractivity contribution in [2.24, 2.45) is 5.41 Å². The number of hydrogen-bond acceptors (Lipinski definition) is 2. The van der Waals surface area contributed by atoms with E-state index in [9.17, 15) is 9.59 Å². The van der Waals surface area contributed by atoms with Gasteiger partial charge < -0.3 is 0 Å². The second-order valence-corrected chi connectivity index (χ2v) is 5.40. The minimum Gasteiger partial charge on any atom is -0.299 e. The summed E-state index contributed by atoms with van der Waals surface area (Å²) in [6.07, 6.45) is 4.48. The summed E-state index contributed by atoms with van der Waals surface area (Å²) in [5.74, 6) is 0.411. The molecule has 13 heavy (non-hydrogen) atoms. The molecule has 0 heterocycles. The molecule has 0 aromatic heterocycles. The summed E-state index contributed by atoms with van der Waals surface area (Å²) in [6.45, 7) is 0. The fourth-order valence-corrected chi connectivity index (χ4v) is 2.95. The maximum Gasteiger partial charge on any atom is 0.146 e. The van der Waals surface area contributed by atoms with Gasteiger partial charge in [-0.2, -0.15) is 0 Å². The molecule has 1 spiro atoms. The zero-order valence-corrected chi connectivity index (χ0v) is 9.10. The van der Waals surface area contributed by atoms with E-state index in [4.69, 9.17) is 0 Å². The van der Waals surface area contributed by atoms with Gasteiger partial charge in [0.05, 0.1) is 5.41 Å². The summed E-state index contributed by atoms with van der Waals surface area (Å²) >= 11 is 3.54. The Balaban J connectivity index is 2.19. The summed E-state index contributed by atoms with van der Waals surface area (Å²) in [5.41, 5.74) is -0.537. The molecule has 0 saturated heterocycles. The molecule has 0 bridgehead atoms. The Morgan fingerprint density at radius 2 is 1.54 bits per heavy atom. The van der Waals surface area contributed by atoms with Crippen molar-refractivity contribution >= 4 is 27.5 Å². The number of alkyl halides is 1. The third-order valence-corrected chi connectivity index (χ3v) is 4.33. The molecule has 2 rings (SSSR count). The summed E-state index contributed by atoms with van der Waals surface area (Å²) in [5, 5.41) is 0. The highest BCUT2D eigenvalue weighted by atomic mass is 79.9. The van der Waals surface area contributed by atoms with Gasteiger partial charge >= 0.3 is 0 Å². The number of hydrogen-bond donors (Lipinski definition) is 0. The summed E-state index contributed by atoms with van der Waals surface area (Å²) < 4.78 is 0. The van der Waals surface area contributed by atoms with Crippen LogP contribution in [0.15, 0.2) is 0 Å². The van der Waals surface area contributed by atoms with Crippen molar-refractivity contribution in [1.82, 2.24) is 0 Å². The van der Waals surface area contributed by atoms with Gasteiger partial charge in [0, 0.05) is 17.7 Å². The van der Waals surface area contributed by atoms with Crippen LogP contribution in [-0.4, -0.2) is 16.4 Å². The molecule has 3 heteroatoms. The molecule has 0 atom stereocenters. The Morgan fingerprint density at radius 3 is 2.00 bits per heavy atom. The van der Waals surface area contributed by atoms with Gasteiger partial charge in [0.1, 0.15) is 11.6 Å². The van der Waals surface area contributed by atoms with E-state index in [0.717, 1.165) is 25.7 Å². The van der Waals surface area contributed by atoms with E-state index >= 15 is 0 Å². The Kier molecular flexibility index (Phi) is 2.30. The van der Waals surface area contributed by atoms with Gasteiger partial charge in [-0.05, 0) is 25.7 Å². The first kappa shape index (κ1) is 9.38. The Hall–Kier alpha value is -0.180. The average Bonchev–Trinajstić information content (AvgIpc) is 2.39. The number of carbonyl (C=O) groups excluding carboxylic acids is 2. The van der Waals surface area contributed by atoms with Crippen LogP contribution in [0.1, 0.15) is 38.5 Å². The zero-order valence-electron chi connectivity index (χ0n) is 7.51. The van der Waals surface area contributed by atoms with Crippen molar-refractivity contribution in [2.45, 2.75) is 43.4 Å². The Bertz CT molecular complexity index is 234. The van der Waals surface area contributed by atoms with Gasteiger partial charge in [-0.25, -0.2) is 0 Å². The highest BCUT2D eigenvalue weighted by Crippen LogP contribution is 2.45. The molecule has 2 nitrogen and oxygen atoms in total. The summed E-state index contributed by atoms with van der Waals surface area (Å²) in [7, 11) is 0. The normalized spacial score (nSPS) is 28.7. The Labute approximate surface area is 86.2 Å². The summed E-state index contributed by atoms with van der Waals surface area (Å²) in [4.78, 5) is 23.8. The lowest BCUT2D eigenvalue weighted by Gasteiger charge is -2.32. The third-order valence-electron chi connectivity index (χ3n) is 3.42. The van der Waals surface area contributed by atoms with Gasteiger partial charge in [0.2, 0.25) is 0 Å². The molecule has 2 saturated carbocycles. The van der Waals surface area contributed by atoms with E-state index in [1.165, 1.54) is 0 Å². The van der Waals surface area contributed by atoms with Crippen molar-refractivity contribution < 1.29 is 9.59 Å². The average molecular weight is 245 g/mol. The van der Waals surface area contributed by atoms with Crippen LogP contribution in [0.5, 0.6) is 0 Å². The van der Waals surface area contributed by atoms with Crippen molar-refractivity contribution in [3.8, 4) is 0 Å². The molecule has 72 valence electrons. The van der Waals surface area contributed by atoms with Crippen LogP contribution in [0, 0.1) is 5.41 Å². The highest BCUT2D eigenvalue weighted by molar-refractivity contribution is 9.09. The van der Waals surface area contributed by atoms with E-state index in [0.29, 0.717) is 17.7 Å². The fourth-order valence-electron chi connectivity index (χ4n) is 2.49. The number of Topliss-reactive ketones (excluding diaryl/α,β-unsaturated/α-hetero) is 2. The molecule has 2 fully saturated rings. The maximum absolute atomic E-state index is 11.6. The fraction of sp³-hybridized carbons (Fsp3) is 0.800. The van der Waals surface area contributed by atoms with Crippen LogP contribution in [0.2, 0.25) is 0 Å². The van der Waals surface area contributed by atoms with E-state index in [2.05, 4.69) is 15.9 Å². The van der Waals surface area contributed by atoms with E-state index in [1.54, 1.807) is 0 Å². The van der Waals surface area contributed by atoms with Crippen LogP contribution in [0.4, 0.5) is 0 Å². The molecular formula is C10H13BrO2. The topological polar surface area (TPSA) is 34.1 Å². The highest BCUT2D eigenvalue weighted by Gasteiger charge is 2.50. The largest absolute Gasteiger partial charge is 0.299 e. The number of carbonyl (C=O) groups is 2. The number of ketones is 2. The molecule has 0 aromatic rings. The zero-order chi connectivity index (χ0) is 9.47. The van der Waals surface area contributed by atoms with Gasteiger partial charge in [0.25, 0.3) is 0 Å². The third kappa shape index (κ3) is 1.37. The number of halogens is 1. The molecule has 0 radical (unpaired) electrons. The number of rotatable bonds is 0. The lowest BCUT2D eigenvalue weighted by molar-refractivity contribution is -0.136. The molecule has 2 aliphatic rings. The SMILES string of the molecule is O=C1CCC(=O)C12CCC(Br)CC2. The monoisotopic (exact) mass is 244 g/mol. The second kappa shape index (κ2) is 3.19. The predicted octanol–water partition coefficient (Wildman–Crippen LogP) is 2.24. The Morgan fingerprint density at radius 1 is 1.08 bits per heavy atom. The van der Waals surface area contributed by atoms with Crippen LogP contribution in [0.25, 0.3) is 0 Å². The van der Waals surface area contributed by atoms with Gasteiger partial charge in [-0.15, -0.1) is 0 Å². The smallest absolute Gasteiger partial charge is 0.146 e. The minimum absolute atomic E-state index is 0.205. The van der Waals surface area contributed by atoms with Gasteiger partial charge in [-0.3, -0.25) is 9.59 Å². The lowest BCUT2D eigenvalue weighted by Crippen LogP contribution is -2.37. The lowest BCUT2D eigenvalue weighted by atomic mass is 9.71. The summed E-state index contributed by atoms with van der Waals surface area (Å²) in [6, 6.07) is 0. The van der Waals surface area contributed by atoms with Crippen LogP contribution in [-0.2, 0) is 9.59 Å². The molecule has 0 N–H and O–H groups in total. The van der Waals surface area contributed by atoms with Crippen LogP contribution in [0.3, 0.4) is 0 Å². The van der Waals surface area contributed by atoms with E-state index in [1.807, 2.05) is 0 Å². The first-order valence-corrected chi connectivity index (χ1v) is 5.77. The first-order valence-electron chi connectivity index (χ1n) is 4.86. The van der Waals surface area contributed by atoms with E-state index < -0.39 is 5.41 Å². The van der Waals surface area contributed by atoms with Crippen LogP contribution < -0.4 is 0 Å². The van der Waals surface area contributed by atoms with E-state index in [-0.39, 0.29) is 11.6 Å². The quantitative estimate of drug-likeness (QED) is 0.484. The van der Waals surface area contributed by atoms with Crippen molar-refractivity contribution in [3.05, 3.63) is 0 Å².